The van der Waals surface area contributed by atoms with E-state index in [1.165, 1.54) is 0 Å². The van der Waals surface area contributed by atoms with Crippen LogP contribution in [-0.4, -0.2) is 47.0 Å². The third-order valence-corrected chi connectivity index (χ3v) is 2.15. The van der Waals surface area contributed by atoms with E-state index < -0.39 is 0 Å². The Kier molecular flexibility index (Phi) is 6.29. The molecule has 0 aliphatic carbocycles. The lowest BCUT2D eigenvalue weighted by atomic mass is 10.1. The van der Waals surface area contributed by atoms with Crippen LogP contribution in [0.1, 0.15) is 33.6 Å². The van der Waals surface area contributed by atoms with Crippen LogP contribution in [-0.2, 0) is 0 Å². The van der Waals surface area contributed by atoms with Gasteiger partial charge >= 0.3 is 0 Å². The number of unbranched alkanes of at least 4 members (excludes halogenated alkanes) is 1. The fourth-order valence-corrected chi connectivity index (χ4v) is 1.32. The van der Waals surface area contributed by atoms with Gasteiger partial charge in [-0.15, -0.1) is 0 Å². The molecule has 0 fully saturated rings. The number of aliphatic hydroxyl groups excluding tert-OH is 2. The Hall–Kier alpha value is -0.120. The second-order valence-electron chi connectivity index (χ2n) is 4.31. The summed E-state index contributed by atoms with van der Waals surface area (Å²) < 4.78 is 0. The van der Waals surface area contributed by atoms with Gasteiger partial charge in [0.2, 0.25) is 0 Å². The van der Waals surface area contributed by atoms with Crippen molar-refractivity contribution in [2.75, 3.05) is 26.3 Å². The normalized spacial score (nSPS) is 12.5. The summed E-state index contributed by atoms with van der Waals surface area (Å²) in [5, 5.41) is 17.5. The highest BCUT2D eigenvalue weighted by Crippen LogP contribution is 2.13. The van der Waals surface area contributed by atoms with Gasteiger partial charge in [0.05, 0.1) is 6.61 Å². The molecule has 80 valence electrons. The van der Waals surface area contributed by atoms with E-state index in [9.17, 15) is 0 Å². The summed E-state index contributed by atoms with van der Waals surface area (Å²) in [6, 6.07) is 0. The minimum Gasteiger partial charge on any atom is -0.396 e. The zero-order valence-electron chi connectivity index (χ0n) is 9.08. The van der Waals surface area contributed by atoms with Crippen molar-refractivity contribution in [3.63, 3.8) is 0 Å². The Balaban J connectivity index is 3.81. The van der Waals surface area contributed by atoms with Crippen LogP contribution in [0, 0.1) is 0 Å². The van der Waals surface area contributed by atoms with E-state index in [0.29, 0.717) is 0 Å². The topological polar surface area (TPSA) is 43.7 Å². The highest BCUT2D eigenvalue weighted by Gasteiger charge is 2.19. The fraction of sp³-hybridized carbons (Fsp3) is 1.00. The van der Waals surface area contributed by atoms with Gasteiger partial charge < -0.3 is 10.2 Å². The molecule has 0 atom stereocenters. The van der Waals surface area contributed by atoms with Crippen molar-refractivity contribution in [1.29, 1.82) is 0 Å². The number of hydrogen-bond acceptors (Lipinski definition) is 3. The Labute approximate surface area is 81.4 Å². The largest absolute Gasteiger partial charge is 0.396 e. The molecule has 0 radical (unpaired) electrons. The summed E-state index contributed by atoms with van der Waals surface area (Å²) in [5.74, 6) is 0. The zero-order chi connectivity index (χ0) is 10.3. The molecule has 0 aromatic rings. The fourth-order valence-electron chi connectivity index (χ4n) is 1.32. The van der Waals surface area contributed by atoms with E-state index in [4.69, 9.17) is 10.2 Å². The van der Waals surface area contributed by atoms with Gasteiger partial charge in [-0.3, -0.25) is 4.90 Å². The van der Waals surface area contributed by atoms with Crippen LogP contribution in [0.5, 0.6) is 0 Å². The number of hydrogen-bond donors (Lipinski definition) is 2. The van der Waals surface area contributed by atoms with Gasteiger partial charge in [-0.05, 0) is 40.2 Å². The van der Waals surface area contributed by atoms with E-state index in [2.05, 4.69) is 25.7 Å². The number of β-amino-alcohol motifs (C(OH)–C–C–N with tert-alkyl or cyclic N) is 1. The maximum Gasteiger partial charge on any atom is 0.0558 e. The molecule has 3 heteroatoms. The first-order valence-electron chi connectivity index (χ1n) is 4.99. The standard InChI is InChI=1S/C10H23NO2/c1-10(2,3)11(7-9-13)6-4-5-8-12/h12-13H,4-9H2,1-3H3. The predicted molar refractivity (Wildman–Crippen MR) is 54.7 cm³/mol. The van der Waals surface area contributed by atoms with Crippen molar-refractivity contribution in [1.82, 2.24) is 4.90 Å². The van der Waals surface area contributed by atoms with Gasteiger partial charge in [0.25, 0.3) is 0 Å². The van der Waals surface area contributed by atoms with E-state index in [1.54, 1.807) is 0 Å². The molecule has 2 N–H and O–H groups in total. The first-order valence-corrected chi connectivity index (χ1v) is 4.99. The molecule has 0 aliphatic heterocycles. The van der Waals surface area contributed by atoms with Gasteiger partial charge in [0, 0.05) is 18.7 Å². The quantitative estimate of drug-likeness (QED) is 0.609. The van der Waals surface area contributed by atoms with Crippen molar-refractivity contribution in [2.24, 2.45) is 0 Å². The molecule has 0 saturated heterocycles. The Morgan fingerprint density at radius 3 is 1.92 bits per heavy atom. The number of aliphatic hydroxyl groups is 2. The first-order chi connectivity index (χ1) is 6.02. The van der Waals surface area contributed by atoms with E-state index in [1.807, 2.05) is 0 Å². The van der Waals surface area contributed by atoms with Crippen LogP contribution in [0.25, 0.3) is 0 Å². The first kappa shape index (κ1) is 12.9. The summed E-state index contributed by atoms with van der Waals surface area (Å²) in [5.41, 5.74) is 0.109. The Morgan fingerprint density at radius 1 is 0.923 bits per heavy atom. The molecule has 0 rings (SSSR count). The molecule has 0 aromatic carbocycles. The smallest absolute Gasteiger partial charge is 0.0558 e. The van der Waals surface area contributed by atoms with Crippen LogP contribution in [0.4, 0.5) is 0 Å². The molecule has 0 unspecified atom stereocenters. The van der Waals surface area contributed by atoms with Crippen molar-refractivity contribution < 1.29 is 10.2 Å². The molecule has 13 heavy (non-hydrogen) atoms. The van der Waals surface area contributed by atoms with Crippen LogP contribution in [0.2, 0.25) is 0 Å². The van der Waals surface area contributed by atoms with E-state index in [0.717, 1.165) is 25.9 Å². The lowest BCUT2D eigenvalue weighted by molar-refractivity contribution is 0.102. The molecule has 0 heterocycles. The molecular formula is C10H23NO2. The lowest BCUT2D eigenvalue weighted by Gasteiger charge is -2.35. The average molecular weight is 189 g/mol. The predicted octanol–water partition coefficient (Wildman–Crippen LogP) is 0.852. The zero-order valence-corrected chi connectivity index (χ0v) is 9.08. The molecule has 0 aliphatic rings. The SMILES string of the molecule is CC(C)(C)N(CCO)CCCCO. The number of nitrogens with zero attached hydrogens (tertiary/aromatic N) is 1. The third kappa shape index (κ3) is 6.02. The number of rotatable bonds is 6. The molecule has 0 amide bonds. The summed E-state index contributed by atoms with van der Waals surface area (Å²) in [6.07, 6.45) is 1.84. The maximum absolute atomic E-state index is 8.87. The molecular weight excluding hydrogens is 166 g/mol. The maximum atomic E-state index is 8.87. The second-order valence-corrected chi connectivity index (χ2v) is 4.31. The average Bonchev–Trinajstić information content (AvgIpc) is 2.01. The van der Waals surface area contributed by atoms with Gasteiger partial charge in [-0.2, -0.15) is 0 Å². The summed E-state index contributed by atoms with van der Waals surface area (Å²) in [4.78, 5) is 2.24. The van der Waals surface area contributed by atoms with Crippen LogP contribution < -0.4 is 0 Å². The molecule has 0 saturated carbocycles. The second kappa shape index (κ2) is 6.35. The highest BCUT2D eigenvalue weighted by molar-refractivity contribution is 4.75. The minimum absolute atomic E-state index is 0.109. The van der Waals surface area contributed by atoms with Crippen LogP contribution in [0.15, 0.2) is 0 Å². The van der Waals surface area contributed by atoms with Gasteiger partial charge in [0.15, 0.2) is 0 Å². The Morgan fingerprint density at radius 2 is 1.54 bits per heavy atom. The van der Waals surface area contributed by atoms with Gasteiger partial charge in [-0.25, -0.2) is 0 Å². The van der Waals surface area contributed by atoms with Gasteiger partial charge in [0.1, 0.15) is 0 Å². The summed E-state index contributed by atoms with van der Waals surface area (Å²) in [6.45, 7) is 8.55. The lowest BCUT2D eigenvalue weighted by Crippen LogP contribution is -2.43. The Bertz CT molecular complexity index is 121. The van der Waals surface area contributed by atoms with Crippen molar-refractivity contribution in [3.05, 3.63) is 0 Å². The minimum atomic E-state index is 0.109. The summed E-state index contributed by atoms with van der Waals surface area (Å²) >= 11 is 0. The van der Waals surface area contributed by atoms with E-state index in [-0.39, 0.29) is 18.8 Å². The molecule has 0 bridgehead atoms. The molecule has 0 aromatic heterocycles. The van der Waals surface area contributed by atoms with Crippen LogP contribution >= 0.6 is 0 Å². The highest BCUT2D eigenvalue weighted by atomic mass is 16.3. The van der Waals surface area contributed by atoms with Crippen molar-refractivity contribution in [2.45, 2.75) is 39.2 Å². The summed E-state index contributed by atoms with van der Waals surface area (Å²) in [7, 11) is 0. The van der Waals surface area contributed by atoms with E-state index >= 15 is 0 Å². The third-order valence-electron chi connectivity index (χ3n) is 2.15. The molecule has 3 nitrogen and oxygen atoms in total. The monoisotopic (exact) mass is 189 g/mol. The van der Waals surface area contributed by atoms with Gasteiger partial charge in [-0.1, -0.05) is 0 Å². The van der Waals surface area contributed by atoms with Crippen LogP contribution in [0.3, 0.4) is 0 Å². The van der Waals surface area contributed by atoms with Crippen molar-refractivity contribution in [3.8, 4) is 0 Å². The molecule has 0 spiro atoms. The van der Waals surface area contributed by atoms with Crippen molar-refractivity contribution >= 4 is 0 Å².